The van der Waals surface area contributed by atoms with Gasteiger partial charge in [-0.3, -0.25) is 14.4 Å². The number of hydrogen-bond donors (Lipinski definition) is 3. The van der Waals surface area contributed by atoms with Gasteiger partial charge in [-0.1, -0.05) is 18.2 Å². The summed E-state index contributed by atoms with van der Waals surface area (Å²) in [6, 6.07) is 17.3. The van der Waals surface area contributed by atoms with E-state index in [-0.39, 0.29) is 42.0 Å². The molecule has 0 fully saturated rings. The number of nitrogens with zero attached hydrogens (tertiary/aromatic N) is 2. The average molecular weight is 470 g/mol. The number of imidazole rings is 1. The summed E-state index contributed by atoms with van der Waals surface area (Å²) in [6.45, 7) is 2.08. The second-order valence-corrected chi connectivity index (χ2v) is 8.17. The number of benzene rings is 3. The Morgan fingerprint density at radius 2 is 1.91 bits per heavy atom. The molecule has 0 spiro atoms. The monoisotopic (exact) mass is 469 g/mol. The molecule has 0 radical (unpaired) electrons. The first-order chi connectivity index (χ1) is 16.9. The summed E-state index contributed by atoms with van der Waals surface area (Å²) in [5, 5.41) is 5.71. The van der Waals surface area contributed by atoms with Crippen LogP contribution in [0.25, 0.3) is 11.0 Å². The van der Waals surface area contributed by atoms with Crippen molar-refractivity contribution in [2.75, 3.05) is 29.2 Å². The number of ether oxygens (including phenoxy) is 1. The quantitative estimate of drug-likeness (QED) is 0.416. The van der Waals surface area contributed by atoms with Gasteiger partial charge >= 0.3 is 0 Å². The van der Waals surface area contributed by atoms with Gasteiger partial charge in [0.05, 0.1) is 35.3 Å². The molecule has 3 aromatic carbocycles. The normalized spacial score (nSPS) is 13.1. The molecule has 0 saturated carbocycles. The van der Waals surface area contributed by atoms with Crippen molar-refractivity contribution in [1.29, 1.82) is 0 Å². The Hall–Kier alpha value is -4.66. The van der Waals surface area contributed by atoms with Gasteiger partial charge in [0.1, 0.15) is 17.1 Å². The molecule has 4 aromatic rings. The van der Waals surface area contributed by atoms with E-state index in [1.54, 1.807) is 47.4 Å². The molecule has 176 valence electrons. The highest BCUT2D eigenvalue weighted by Gasteiger charge is 2.26. The maximum absolute atomic E-state index is 13.4. The van der Waals surface area contributed by atoms with Gasteiger partial charge in [-0.25, -0.2) is 4.98 Å². The second kappa shape index (κ2) is 8.94. The first-order valence-corrected chi connectivity index (χ1v) is 11.1. The van der Waals surface area contributed by atoms with Gasteiger partial charge in [-0.05, 0) is 49.4 Å². The number of H-pyrrole nitrogens is 1. The molecule has 1 aliphatic rings. The van der Waals surface area contributed by atoms with Crippen molar-refractivity contribution in [3.63, 3.8) is 0 Å². The molecule has 0 saturated heterocycles. The fourth-order valence-corrected chi connectivity index (χ4v) is 4.19. The Balaban J connectivity index is 1.44. The number of aromatic amines is 1. The topological polar surface area (TPSA) is 116 Å². The lowest BCUT2D eigenvalue weighted by molar-refractivity contribution is -0.115. The standard InChI is InChI=1S/C26H23N5O4/c1-15-27-19-7-5-8-20(24(19)28-15)30-25(33)17-11-10-16(14-22(17)35-2)26(34)31-13-12-23(32)29-18-6-3-4-9-21(18)31/h3-11,14H,12-13H2,1-2H3,(H,27,28)(H,29,32)(H,30,33). The zero-order valence-electron chi connectivity index (χ0n) is 19.2. The molecule has 9 heteroatoms. The van der Waals surface area contributed by atoms with Crippen molar-refractivity contribution >= 4 is 45.8 Å². The van der Waals surface area contributed by atoms with E-state index in [0.29, 0.717) is 28.1 Å². The number of carbonyl (C=O) groups excluding carboxylic acids is 3. The van der Waals surface area contributed by atoms with Crippen molar-refractivity contribution < 1.29 is 19.1 Å². The van der Waals surface area contributed by atoms with E-state index >= 15 is 0 Å². The van der Waals surface area contributed by atoms with Crippen LogP contribution >= 0.6 is 0 Å². The zero-order valence-corrected chi connectivity index (χ0v) is 19.2. The van der Waals surface area contributed by atoms with Crippen molar-refractivity contribution in [2.24, 2.45) is 0 Å². The van der Waals surface area contributed by atoms with E-state index in [2.05, 4.69) is 20.6 Å². The highest BCUT2D eigenvalue weighted by molar-refractivity contribution is 6.13. The second-order valence-electron chi connectivity index (χ2n) is 8.17. The number of aromatic nitrogens is 2. The predicted molar refractivity (Wildman–Crippen MR) is 133 cm³/mol. The van der Waals surface area contributed by atoms with Gasteiger partial charge in [0, 0.05) is 18.5 Å². The maximum Gasteiger partial charge on any atom is 0.259 e. The summed E-state index contributed by atoms with van der Waals surface area (Å²) in [4.78, 5) is 47.8. The molecule has 1 aromatic heterocycles. The zero-order chi connectivity index (χ0) is 24.5. The molecule has 5 rings (SSSR count). The van der Waals surface area contributed by atoms with E-state index in [1.807, 2.05) is 25.1 Å². The van der Waals surface area contributed by atoms with Crippen LogP contribution in [0.15, 0.2) is 60.7 Å². The van der Waals surface area contributed by atoms with Gasteiger partial charge in [0.15, 0.2) is 0 Å². The third-order valence-electron chi connectivity index (χ3n) is 5.85. The third-order valence-corrected chi connectivity index (χ3v) is 5.85. The van der Waals surface area contributed by atoms with Crippen LogP contribution < -0.4 is 20.3 Å². The van der Waals surface area contributed by atoms with Crippen molar-refractivity contribution in [1.82, 2.24) is 9.97 Å². The minimum atomic E-state index is -0.385. The SMILES string of the molecule is COc1cc(C(=O)N2CCC(=O)Nc3ccccc32)ccc1C(=O)Nc1cccc2[nH]c(C)nc12. The molecule has 0 aliphatic carbocycles. The van der Waals surface area contributed by atoms with Gasteiger partial charge < -0.3 is 25.3 Å². The molecule has 0 unspecified atom stereocenters. The summed E-state index contributed by atoms with van der Waals surface area (Å²) >= 11 is 0. The van der Waals surface area contributed by atoms with E-state index in [9.17, 15) is 14.4 Å². The molecule has 9 nitrogen and oxygen atoms in total. The van der Waals surface area contributed by atoms with Crippen LogP contribution in [0.1, 0.15) is 33.0 Å². The number of rotatable bonds is 4. The third kappa shape index (κ3) is 4.19. The first kappa shape index (κ1) is 22.1. The minimum Gasteiger partial charge on any atom is -0.496 e. The van der Waals surface area contributed by atoms with Crippen LogP contribution in [-0.4, -0.2) is 41.3 Å². The molecular weight excluding hydrogens is 446 g/mol. The van der Waals surface area contributed by atoms with Crippen LogP contribution in [0, 0.1) is 6.92 Å². The molecular formula is C26H23N5O4. The Labute approximate surface area is 201 Å². The lowest BCUT2D eigenvalue weighted by Gasteiger charge is -2.22. The number of fused-ring (bicyclic) bond motifs is 2. The predicted octanol–water partition coefficient (Wildman–Crippen LogP) is 4.12. The largest absolute Gasteiger partial charge is 0.496 e. The summed E-state index contributed by atoms with van der Waals surface area (Å²) in [5.41, 5.74) is 3.86. The van der Waals surface area contributed by atoms with E-state index in [1.165, 1.54) is 7.11 Å². The smallest absolute Gasteiger partial charge is 0.259 e. The molecule has 3 amide bonds. The van der Waals surface area contributed by atoms with Gasteiger partial charge in [0.25, 0.3) is 11.8 Å². The molecule has 0 atom stereocenters. The van der Waals surface area contributed by atoms with Gasteiger partial charge in [-0.2, -0.15) is 0 Å². The summed E-state index contributed by atoms with van der Waals surface area (Å²) < 4.78 is 5.47. The van der Waals surface area contributed by atoms with Crippen LogP contribution in [-0.2, 0) is 4.79 Å². The molecule has 1 aliphatic heterocycles. The van der Waals surface area contributed by atoms with E-state index < -0.39 is 0 Å². The Kier molecular flexibility index (Phi) is 5.66. The Morgan fingerprint density at radius 1 is 1.09 bits per heavy atom. The van der Waals surface area contributed by atoms with Crippen LogP contribution in [0.4, 0.5) is 17.1 Å². The summed E-state index contributed by atoms with van der Waals surface area (Å²) in [5.74, 6) is 0.171. The fraction of sp³-hybridized carbons (Fsp3) is 0.154. The van der Waals surface area contributed by atoms with Crippen molar-refractivity contribution in [3.8, 4) is 5.75 Å². The number of aryl methyl sites for hydroxylation is 1. The van der Waals surface area contributed by atoms with Gasteiger partial charge in [-0.15, -0.1) is 0 Å². The van der Waals surface area contributed by atoms with Crippen molar-refractivity contribution in [2.45, 2.75) is 13.3 Å². The average Bonchev–Trinajstić information content (AvgIpc) is 3.16. The van der Waals surface area contributed by atoms with Crippen LogP contribution in [0.3, 0.4) is 0 Å². The first-order valence-electron chi connectivity index (χ1n) is 11.1. The van der Waals surface area contributed by atoms with Crippen LogP contribution in [0.2, 0.25) is 0 Å². The fourth-order valence-electron chi connectivity index (χ4n) is 4.19. The highest BCUT2D eigenvalue weighted by atomic mass is 16.5. The molecule has 2 heterocycles. The minimum absolute atomic E-state index is 0.153. The molecule has 35 heavy (non-hydrogen) atoms. The molecule has 0 bridgehead atoms. The highest BCUT2D eigenvalue weighted by Crippen LogP contribution is 2.31. The summed E-state index contributed by atoms with van der Waals surface area (Å²) in [7, 11) is 1.45. The Morgan fingerprint density at radius 3 is 2.74 bits per heavy atom. The lowest BCUT2D eigenvalue weighted by atomic mass is 10.1. The number of hydrogen-bond acceptors (Lipinski definition) is 5. The molecule has 3 N–H and O–H groups in total. The number of anilines is 3. The van der Waals surface area contributed by atoms with E-state index in [4.69, 9.17) is 4.74 Å². The number of amides is 3. The number of para-hydroxylation sites is 3. The van der Waals surface area contributed by atoms with Gasteiger partial charge in [0.2, 0.25) is 5.91 Å². The number of methoxy groups -OCH3 is 1. The number of carbonyl (C=O) groups is 3. The maximum atomic E-state index is 13.4. The van der Waals surface area contributed by atoms with E-state index in [0.717, 1.165) is 11.3 Å². The summed E-state index contributed by atoms with van der Waals surface area (Å²) in [6.07, 6.45) is 0.177. The van der Waals surface area contributed by atoms with Crippen molar-refractivity contribution in [3.05, 3.63) is 77.6 Å². The lowest BCUT2D eigenvalue weighted by Crippen LogP contribution is -2.32. The number of nitrogens with one attached hydrogen (secondary N) is 3. The van der Waals surface area contributed by atoms with Crippen LogP contribution in [0.5, 0.6) is 5.75 Å². The Bertz CT molecular complexity index is 1480.